The van der Waals surface area contributed by atoms with E-state index in [-0.39, 0.29) is 12.3 Å². The van der Waals surface area contributed by atoms with Gasteiger partial charge in [0, 0.05) is 11.4 Å². The summed E-state index contributed by atoms with van der Waals surface area (Å²) in [7, 11) is -1.83. The van der Waals surface area contributed by atoms with Gasteiger partial charge in [0.25, 0.3) is 0 Å². The second-order valence-corrected chi connectivity index (χ2v) is 7.70. The maximum absolute atomic E-state index is 12.0. The highest BCUT2D eigenvalue weighted by molar-refractivity contribution is 7.89. The van der Waals surface area contributed by atoms with Crippen molar-refractivity contribution >= 4 is 21.4 Å². The van der Waals surface area contributed by atoms with Gasteiger partial charge in [0.15, 0.2) is 0 Å². The Morgan fingerprint density at radius 3 is 2.59 bits per heavy atom. The highest BCUT2D eigenvalue weighted by Gasteiger charge is 2.15. The molecule has 0 unspecified atom stereocenters. The minimum absolute atomic E-state index is 0.00847. The molecule has 1 heterocycles. The Balaban J connectivity index is 1.82. The molecule has 120 valence electrons. The number of nitrogens with one attached hydrogen (secondary N) is 1. The first-order valence-electron chi connectivity index (χ1n) is 6.82. The van der Waals surface area contributed by atoms with Gasteiger partial charge in [-0.15, -0.1) is 11.3 Å². The zero-order chi connectivity index (χ0) is 16.0. The summed E-state index contributed by atoms with van der Waals surface area (Å²) in [6, 6.07) is 10.9. The number of benzene rings is 1. The van der Waals surface area contributed by atoms with Crippen LogP contribution in [0.15, 0.2) is 41.8 Å². The lowest BCUT2D eigenvalue weighted by molar-refractivity contribution is 0.186. The van der Waals surface area contributed by atoms with Crippen LogP contribution in [-0.4, -0.2) is 32.9 Å². The van der Waals surface area contributed by atoms with Crippen molar-refractivity contribution in [2.45, 2.75) is 12.5 Å². The second kappa shape index (κ2) is 7.73. The topological polar surface area (TPSA) is 75.6 Å². The molecule has 22 heavy (non-hydrogen) atoms. The predicted molar refractivity (Wildman–Crippen MR) is 87.8 cm³/mol. The molecule has 2 rings (SSSR count). The summed E-state index contributed by atoms with van der Waals surface area (Å²) in [4.78, 5) is 0.748. The van der Waals surface area contributed by atoms with Gasteiger partial charge in [-0.1, -0.05) is 18.2 Å². The predicted octanol–water partition coefficient (Wildman–Crippen LogP) is 1.95. The molecule has 1 aromatic carbocycles. The summed E-state index contributed by atoms with van der Waals surface area (Å²) >= 11 is 1.40. The van der Waals surface area contributed by atoms with Crippen molar-refractivity contribution in [3.8, 4) is 5.75 Å². The molecule has 1 aromatic heterocycles. The fourth-order valence-electron chi connectivity index (χ4n) is 1.90. The van der Waals surface area contributed by atoms with E-state index in [2.05, 4.69) is 4.72 Å². The van der Waals surface area contributed by atoms with Crippen LogP contribution in [0.1, 0.15) is 16.5 Å². The lowest BCUT2D eigenvalue weighted by atomic mass is 10.2. The number of sulfonamides is 1. The van der Waals surface area contributed by atoms with Crippen LogP contribution in [0.2, 0.25) is 0 Å². The number of ether oxygens (including phenoxy) is 1. The first-order valence-corrected chi connectivity index (χ1v) is 9.35. The average molecular weight is 341 g/mol. The van der Waals surface area contributed by atoms with Crippen molar-refractivity contribution in [2.75, 3.05) is 19.4 Å². The lowest BCUT2D eigenvalue weighted by Gasteiger charge is -2.11. The van der Waals surface area contributed by atoms with Gasteiger partial charge >= 0.3 is 0 Å². The number of thiophene rings is 1. The number of rotatable bonds is 8. The van der Waals surface area contributed by atoms with Crippen molar-refractivity contribution in [1.29, 1.82) is 0 Å². The lowest BCUT2D eigenvalue weighted by Crippen LogP contribution is -2.31. The van der Waals surface area contributed by atoms with Crippen molar-refractivity contribution in [2.24, 2.45) is 0 Å². The van der Waals surface area contributed by atoms with E-state index in [9.17, 15) is 13.5 Å². The molecule has 2 aromatic rings. The molecule has 0 amide bonds. The maximum atomic E-state index is 12.0. The molecule has 0 radical (unpaired) electrons. The van der Waals surface area contributed by atoms with E-state index < -0.39 is 16.1 Å². The summed E-state index contributed by atoms with van der Waals surface area (Å²) in [5.41, 5.74) is 0.921. The Morgan fingerprint density at radius 1 is 1.27 bits per heavy atom. The molecule has 7 heteroatoms. The minimum Gasteiger partial charge on any atom is -0.497 e. The number of methoxy groups -OCH3 is 1. The highest BCUT2D eigenvalue weighted by atomic mass is 32.2. The van der Waals surface area contributed by atoms with Gasteiger partial charge < -0.3 is 9.84 Å². The molecule has 0 aliphatic rings. The fourth-order valence-corrected chi connectivity index (χ4v) is 3.68. The third-order valence-corrected chi connectivity index (χ3v) is 5.51. The van der Waals surface area contributed by atoms with Gasteiger partial charge in [-0.05, 0) is 35.6 Å². The first kappa shape index (κ1) is 17.0. The number of hydrogen-bond acceptors (Lipinski definition) is 5. The smallest absolute Gasteiger partial charge is 0.212 e. The number of aryl methyl sites for hydroxylation is 1. The minimum atomic E-state index is -3.42. The summed E-state index contributed by atoms with van der Waals surface area (Å²) in [5, 5.41) is 11.7. The van der Waals surface area contributed by atoms with Gasteiger partial charge in [0.05, 0.1) is 12.9 Å². The normalized spacial score (nSPS) is 13.0. The Morgan fingerprint density at radius 2 is 2.00 bits per heavy atom. The van der Waals surface area contributed by atoms with Crippen molar-refractivity contribution in [3.05, 3.63) is 52.2 Å². The quantitative estimate of drug-likeness (QED) is 0.769. The van der Waals surface area contributed by atoms with Gasteiger partial charge in [0.1, 0.15) is 11.9 Å². The van der Waals surface area contributed by atoms with E-state index in [4.69, 9.17) is 4.74 Å². The van der Waals surface area contributed by atoms with Gasteiger partial charge in [-0.2, -0.15) is 0 Å². The molecule has 0 fully saturated rings. The zero-order valence-corrected chi connectivity index (χ0v) is 13.9. The molecule has 5 nitrogen and oxygen atoms in total. The Labute approximate surface area is 134 Å². The first-order chi connectivity index (χ1) is 10.5. The van der Waals surface area contributed by atoms with Crippen LogP contribution >= 0.6 is 11.3 Å². The summed E-state index contributed by atoms with van der Waals surface area (Å²) in [5.74, 6) is 0.722. The van der Waals surface area contributed by atoms with Crippen molar-refractivity contribution in [1.82, 2.24) is 4.72 Å². The Kier molecular flexibility index (Phi) is 5.96. The highest BCUT2D eigenvalue weighted by Crippen LogP contribution is 2.18. The average Bonchev–Trinajstić information content (AvgIpc) is 3.06. The molecule has 0 saturated carbocycles. The zero-order valence-electron chi connectivity index (χ0n) is 12.2. The molecule has 0 aliphatic carbocycles. The van der Waals surface area contributed by atoms with Gasteiger partial charge in [-0.25, -0.2) is 13.1 Å². The number of aliphatic hydroxyl groups is 1. The number of aliphatic hydroxyl groups excluding tert-OH is 1. The van der Waals surface area contributed by atoms with Crippen LogP contribution < -0.4 is 9.46 Å². The van der Waals surface area contributed by atoms with E-state index >= 15 is 0 Å². The van der Waals surface area contributed by atoms with Crippen LogP contribution in [0.4, 0.5) is 0 Å². The van der Waals surface area contributed by atoms with Crippen molar-refractivity contribution in [3.63, 3.8) is 0 Å². The third-order valence-electron chi connectivity index (χ3n) is 3.19. The largest absolute Gasteiger partial charge is 0.497 e. The Hall–Kier alpha value is -1.41. The van der Waals surface area contributed by atoms with Crippen LogP contribution in [-0.2, 0) is 16.4 Å². The third kappa shape index (κ3) is 5.10. The fraction of sp³-hybridized carbons (Fsp3) is 0.333. The molecular weight excluding hydrogens is 322 g/mol. The van der Waals surface area contributed by atoms with Gasteiger partial charge in [0.2, 0.25) is 10.0 Å². The van der Waals surface area contributed by atoms with E-state index in [1.807, 2.05) is 23.6 Å². The number of hydrogen-bond donors (Lipinski definition) is 2. The second-order valence-electron chi connectivity index (χ2n) is 4.80. The molecule has 0 bridgehead atoms. The monoisotopic (exact) mass is 341 g/mol. The summed E-state index contributed by atoms with van der Waals surface area (Å²) in [6.07, 6.45) is -0.398. The summed E-state index contributed by atoms with van der Waals surface area (Å²) < 4.78 is 31.4. The summed E-state index contributed by atoms with van der Waals surface area (Å²) in [6.45, 7) is -0.00847. The maximum Gasteiger partial charge on any atom is 0.212 e. The van der Waals surface area contributed by atoms with Gasteiger partial charge in [-0.3, -0.25) is 0 Å². The van der Waals surface area contributed by atoms with Crippen LogP contribution in [0.25, 0.3) is 0 Å². The molecule has 0 saturated heterocycles. The molecule has 1 atom stereocenters. The van der Waals surface area contributed by atoms with E-state index in [0.717, 1.165) is 16.2 Å². The Bertz CT molecular complexity index is 666. The molecule has 0 aliphatic heterocycles. The SMILES string of the molecule is COc1ccc(CCS(=O)(=O)NC[C@H](O)c2cccs2)cc1. The molecule has 2 N–H and O–H groups in total. The van der Waals surface area contributed by atoms with Crippen molar-refractivity contribution < 1.29 is 18.3 Å². The van der Waals surface area contributed by atoms with Crippen LogP contribution in [0.3, 0.4) is 0 Å². The van der Waals surface area contributed by atoms with Crippen LogP contribution in [0, 0.1) is 0 Å². The van der Waals surface area contributed by atoms with E-state index in [1.165, 1.54) is 11.3 Å². The van der Waals surface area contributed by atoms with E-state index in [0.29, 0.717) is 6.42 Å². The van der Waals surface area contributed by atoms with Crippen LogP contribution in [0.5, 0.6) is 5.75 Å². The molecular formula is C15H19NO4S2. The standard InChI is InChI=1S/C15H19NO4S2/c1-20-13-6-4-12(5-7-13)8-10-22(18,19)16-11-14(17)15-3-2-9-21-15/h2-7,9,14,16-17H,8,10-11H2,1H3/t14-/m0/s1. The molecule has 0 spiro atoms. The van der Waals surface area contributed by atoms with E-state index in [1.54, 1.807) is 25.3 Å².